The molecular formula is C13H18N2O2. The zero-order valence-electron chi connectivity index (χ0n) is 10.3. The van der Waals surface area contributed by atoms with Crippen LogP contribution < -0.4 is 5.32 Å². The van der Waals surface area contributed by atoms with Crippen molar-refractivity contribution in [2.75, 3.05) is 13.6 Å². The van der Waals surface area contributed by atoms with Crippen LogP contribution in [0.3, 0.4) is 0 Å². The number of hydrogen-bond acceptors (Lipinski definition) is 2. The molecule has 0 saturated heterocycles. The molecule has 1 N–H and O–H groups in total. The van der Waals surface area contributed by atoms with Gasteiger partial charge in [-0.2, -0.15) is 0 Å². The van der Waals surface area contributed by atoms with Crippen LogP contribution in [0.1, 0.15) is 18.9 Å². The normalized spacial score (nSPS) is 9.76. The second-order valence-corrected chi connectivity index (χ2v) is 4.03. The number of hydrogen-bond donors (Lipinski definition) is 1. The predicted octanol–water partition coefficient (Wildman–Crippen LogP) is 1.81. The van der Waals surface area contributed by atoms with Crippen molar-refractivity contribution in [2.24, 2.45) is 0 Å². The van der Waals surface area contributed by atoms with E-state index in [2.05, 4.69) is 5.32 Å². The molecule has 0 aromatic heterocycles. The molecule has 1 aromatic carbocycles. The molecule has 2 amide bonds. The highest BCUT2D eigenvalue weighted by molar-refractivity contribution is 5.77. The van der Waals surface area contributed by atoms with Gasteiger partial charge in [0.15, 0.2) is 0 Å². The van der Waals surface area contributed by atoms with Crippen LogP contribution in [0.25, 0.3) is 0 Å². The molecule has 0 bridgehead atoms. The minimum Gasteiger partial charge on any atom is -0.338 e. The van der Waals surface area contributed by atoms with E-state index in [-0.39, 0.29) is 11.8 Å². The lowest BCUT2D eigenvalue weighted by atomic mass is 10.2. The first-order valence-electron chi connectivity index (χ1n) is 5.62. The Morgan fingerprint density at radius 2 is 1.88 bits per heavy atom. The van der Waals surface area contributed by atoms with Gasteiger partial charge >= 0.3 is 6.03 Å². The van der Waals surface area contributed by atoms with Crippen LogP contribution in [0.2, 0.25) is 0 Å². The molecule has 92 valence electrons. The minimum atomic E-state index is -0.157. The van der Waals surface area contributed by atoms with Gasteiger partial charge in [0.2, 0.25) is 0 Å². The molecule has 17 heavy (non-hydrogen) atoms. The van der Waals surface area contributed by atoms with Gasteiger partial charge in [-0.3, -0.25) is 4.79 Å². The summed E-state index contributed by atoms with van der Waals surface area (Å²) in [4.78, 5) is 23.9. The van der Waals surface area contributed by atoms with Crippen molar-refractivity contribution in [1.29, 1.82) is 0 Å². The van der Waals surface area contributed by atoms with Gasteiger partial charge in [0.25, 0.3) is 0 Å². The minimum absolute atomic E-state index is 0.0796. The average Bonchev–Trinajstić information content (AvgIpc) is 2.29. The predicted molar refractivity (Wildman–Crippen MR) is 66.6 cm³/mol. The van der Waals surface area contributed by atoms with Gasteiger partial charge in [-0.15, -0.1) is 0 Å². The van der Waals surface area contributed by atoms with E-state index in [4.69, 9.17) is 0 Å². The fraction of sp³-hybridized carbons (Fsp3) is 0.385. The number of rotatable bonds is 5. The highest BCUT2D eigenvalue weighted by Gasteiger charge is 2.08. The molecule has 0 atom stereocenters. The van der Waals surface area contributed by atoms with Crippen molar-refractivity contribution < 1.29 is 9.59 Å². The fourth-order valence-electron chi connectivity index (χ4n) is 1.41. The zero-order chi connectivity index (χ0) is 12.7. The molecule has 0 heterocycles. The van der Waals surface area contributed by atoms with Gasteiger partial charge in [0, 0.05) is 26.6 Å². The van der Waals surface area contributed by atoms with Crippen molar-refractivity contribution in [3.63, 3.8) is 0 Å². The summed E-state index contributed by atoms with van der Waals surface area (Å²) in [6, 6.07) is 9.61. The molecule has 0 radical (unpaired) electrons. The number of nitrogens with one attached hydrogen (secondary N) is 1. The maximum absolute atomic E-state index is 11.6. The van der Waals surface area contributed by atoms with Crippen molar-refractivity contribution in [2.45, 2.75) is 19.9 Å². The van der Waals surface area contributed by atoms with Crippen LogP contribution in [-0.4, -0.2) is 30.3 Å². The Labute approximate surface area is 102 Å². The summed E-state index contributed by atoms with van der Waals surface area (Å²) in [5.74, 6) is 0.0796. The van der Waals surface area contributed by atoms with Crippen molar-refractivity contribution >= 4 is 11.8 Å². The van der Waals surface area contributed by atoms with E-state index in [1.54, 1.807) is 11.9 Å². The molecule has 0 aliphatic heterocycles. The number of Topliss-reactive ketones (excluding diaryl/α,β-unsaturated/α-hetero) is 1. The molecule has 0 aliphatic rings. The van der Waals surface area contributed by atoms with E-state index in [9.17, 15) is 9.59 Å². The Morgan fingerprint density at radius 3 is 2.47 bits per heavy atom. The second kappa shape index (κ2) is 6.68. The molecule has 0 fully saturated rings. The topological polar surface area (TPSA) is 49.4 Å². The summed E-state index contributed by atoms with van der Waals surface area (Å²) < 4.78 is 0. The molecule has 1 rings (SSSR count). The molecule has 0 saturated carbocycles. The Kier molecular flexibility index (Phi) is 5.20. The Hall–Kier alpha value is -1.84. The summed E-state index contributed by atoms with van der Waals surface area (Å²) in [6.45, 7) is 2.47. The monoisotopic (exact) mass is 234 g/mol. The largest absolute Gasteiger partial charge is 0.338 e. The van der Waals surface area contributed by atoms with Crippen LogP contribution in [0.5, 0.6) is 0 Å². The third-order valence-electron chi connectivity index (χ3n) is 2.36. The first-order valence-corrected chi connectivity index (χ1v) is 5.62. The molecule has 4 nitrogen and oxygen atoms in total. The van der Waals surface area contributed by atoms with Crippen LogP contribution in [0, 0.1) is 0 Å². The quantitative estimate of drug-likeness (QED) is 0.844. The van der Waals surface area contributed by atoms with E-state index in [1.807, 2.05) is 30.3 Å². The molecule has 0 spiro atoms. The lowest BCUT2D eigenvalue weighted by Crippen LogP contribution is -2.37. The first kappa shape index (κ1) is 13.2. The summed E-state index contributed by atoms with van der Waals surface area (Å²) in [7, 11) is 1.73. The summed E-state index contributed by atoms with van der Waals surface area (Å²) in [6.07, 6.45) is 0.380. The summed E-state index contributed by atoms with van der Waals surface area (Å²) in [5, 5.41) is 2.70. The number of carbonyl (C=O) groups is 2. The fourth-order valence-corrected chi connectivity index (χ4v) is 1.41. The SMILES string of the molecule is CC(=O)CCNC(=O)N(C)Cc1ccccc1. The van der Waals surface area contributed by atoms with Crippen LogP contribution >= 0.6 is 0 Å². The highest BCUT2D eigenvalue weighted by atomic mass is 16.2. The van der Waals surface area contributed by atoms with Crippen molar-refractivity contribution in [3.05, 3.63) is 35.9 Å². The second-order valence-electron chi connectivity index (χ2n) is 4.03. The van der Waals surface area contributed by atoms with Gasteiger partial charge in [-0.1, -0.05) is 30.3 Å². The van der Waals surface area contributed by atoms with Gasteiger partial charge in [-0.25, -0.2) is 4.79 Å². The smallest absolute Gasteiger partial charge is 0.317 e. The number of nitrogens with zero attached hydrogens (tertiary/aromatic N) is 1. The maximum Gasteiger partial charge on any atom is 0.317 e. The Bertz CT molecular complexity index is 376. The molecule has 0 aliphatic carbocycles. The number of ketones is 1. The van der Waals surface area contributed by atoms with E-state index in [1.165, 1.54) is 6.92 Å². The van der Waals surface area contributed by atoms with E-state index >= 15 is 0 Å². The number of urea groups is 1. The standard InChI is InChI=1S/C13H18N2O2/c1-11(16)8-9-14-13(17)15(2)10-12-6-4-3-5-7-12/h3-7H,8-10H2,1-2H3,(H,14,17). The van der Waals surface area contributed by atoms with Gasteiger partial charge < -0.3 is 10.2 Å². The Morgan fingerprint density at radius 1 is 1.24 bits per heavy atom. The van der Waals surface area contributed by atoms with Crippen LogP contribution in [0.15, 0.2) is 30.3 Å². The zero-order valence-corrected chi connectivity index (χ0v) is 10.3. The Balaban J connectivity index is 2.34. The summed E-state index contributed by atoms with van der Waals surface area (Å²) >= 11 is 0. The number of amides is 2. The van der Waals surface area contributed by atoms with Gasteiger partial charge in [0.1, 0.15) is 5.78 Å². The lowest BCUT2D eigenvalue weighted by molar-refractivity contribution is -0.116. The molecule has 0 unspecified atom stereocenters. The summed E-state index contributed by atoms with van der Waals surface area (Å²) in [5.41, 5.74) is 1.08. The highest BCUT2D eigenvalue weighted by Crippen LogP contribution is 2.02. The van der Waals surface area contributed by atoms with Crippen molar-refractivity contribution in [1.82, 2.24) is 10.2 Å². The molecular weight excluding hydrogens is 216 g/mol. The van der Waals surface area contributed by atoms with Crippen molar-refractivity contribution in [3.8, 4) is 0 Å². The van der Waals surface area contributed by atoms with Gasteiger partial charge in [-0.05, 0) is 12.5 Å². The average molecular weight is 234 g/mol. The lowest BCUT2D eigenvalue weighted by Gasteiger charge is -2.17. The van der Waals surface area contributed by atoms with E-state index in [0.717, 1.165) is 5.56 Å². The van der Waals surface area contributed by atoms with E-state index < -0.39 is 0 Å². The maximum atomic E-state index is 11.6. The number of benzene rings is 1. The third-order valence-corrected chi connectivity index (χ3v) is 2.36. The molecule has 4 heteroatoms. The number of carbonyl (C=O) groups excluding carboxylic acids is 2. The van der Waals surface area contributed by atoms with Crippen LogP contribution in [-0.2, 0) is 11.3 Å². The van der Waals surface area contributed by atoms with Crippen LogP contribution in [0.4, 0.5) is 4.79 Å². The third kappa shape index (κ3) is 5.15. The van der Waals surface area contributed by atoms with E-state index in [0.29, 0.717) is 19.5 Å². The van der Waals surface area contributed by atoms with Gasteiger partial charge in [0.05, 0.1) is 0 Å². The first-order chi connectivity index (χ1) is 8.09. The molecule has 1 aromatic rings.